The van der Waals surface area contributed by atoms with E-state index in [1.165, 1.54) is 11.9 Å². The summed E-state index contributed by atoms with van der Waals surface area (Å²) in [6.45, 7) is 0. The smallest absolute Gasteiger partial charge is 0.234 e. The summed E-state index contributed by atoms with van der Waals surface area (Å²) in [5.41, 5.74) is 0.632. The Hall–Kier alpha value is -1.19. The molecule has 0 aliphatic carbocycles. The Balaban J connectivity index is 1.88. The van der Waals surface area contributed by atoms with Gasteiger partial charge in [0.05, 0.1) is 25.7 Å². The normalized spacial score (nSPS) is 17.0. The summed E-state index contributed by atoms with van der Waals surface area (Å²) >= 11 is 4.62. The van der Waals surface area contributed by atoms with Crippen molar-refractivity contribution in [1.82, 2.24) is 4.90 Å². The van der Waals surface area contributed by atoms with Crippen LogP contribution >= 0.6 is 35.5 Å². The van der Waals surface area contributed by atoms with Crippen LogP contribution in [0.25, 0.3) is 0 Å². The van der Waals surface area contributed by atoms with Crippen LogP contribution in [0.3, 0.4) is 0 Å². The molecule has 0 bridgehead atoms. The van der Waals surface area contributed by atoms with Crippen LogP contribution in [-0.4, -0.2) is 54.0 Å². The Morgan fingerprint density at radius 3 is 2.83 bits per heavy atom. The van der Waals surface area contributed by atoms with Gasteiger partial charge in [0, 0.05) is 25.1 Å². The van der Waals surface area contributed by atoms with Crippen molar-refractivity contribution < 1.29 is 14.3 Å². The number of rotatable bonds is 6. The topological polar surface area (TPSA) is 63.2 Å². The Labute approximate surface area is 148 Å². The van der Waals surface area contributed by atoms with Crippen LogP contribution in [0, 0.1) is 0 Å². The lowest BCUT2D eigenvalue weighted by atomic mass is 10.2. The lowest BCUT2D eigenvalue weighted by Crippen LogP contribution is -2.27. The number of methoxy groups -OCH3 is 2. The summed E-state index contributed by atoms with van der Waals surface area (Å²) in [6, 6.07) is 5.29. The van der Waals surface area contributed by atoms with Crippen molar-refractivity contribution in [1.29, 1.82) is 0 Å². The van der Waals surface area contributed by atoms with Crippen LogP contribution in [0.2, 0.25) is 0 Å². The molecule has 6 nitrogen and oxygen atoms in total. The van der Waals surface area contributed by atoms with E-state index >= 15 is 0 Å². The number of hydrogen-bond donors (Lipinski definition) is 1. The van der Waals surface area contributed by atoms with E-state index < -0.39 is 0 Å². The van der Waals surface area contributed by atoms with Gasteiger partial charge < -0.3 is 19.7 Å². The average molecular weight is 374 g/mol. The second kappa shape index (κ2) is 8.60. The third-order valence-corrected chi connectivity index (χ3v) is 6.39. The van der Waals surface area contributed by atoms with E-state index in [0.717, 1.165) is 5.17 Å². The van der Waals surface area contributed by atoms with E-state index in [9.17, 15) is 4.79 Å². The number of anilines is 1. The molecule has 1 amide bonds. The predicted molar refractivity (Wildman–Crippen MR) is 101 cm³/mol. The first-order valence-electron chi connectivity index (χ1n) is 6.73. The van der Waals surface area contributed by atoms with E-state index in [4.69, 9.17) is 9.47 Å². The van der Waals surface area contributed by atoms with E-state index in [1.54, 1.807) is 55.9 Å². The fourth-order valence-electron chi connectivity index (χ4n) is 1.87. The summed E-state index contributed by atoms with van der Waals surface area (Å²) < 4.78 is 14.9. The maximum Gasteiger partial charge on any atom is 0.234 e. The molecule has 0 aromatic heterocycles. The van der Waals surface area contributed by atoms with Gasteiger partial charge in [0.25, 0.3) is 0 Å². The SMILES string of the molecule is COc1ccc(NC(=O)CSC2SN=C(SC)N2C)c(OC)c1. The van der Waals surface area contributed by atoms with E-state index in [2.05, 4.69) is 14.6 Å². The molecule has 1 aliphatic heterocycles. The van der Waals surface area contributed by atoms with Crippen molar-refractivity contribution in [2.45, 2.75) is 4.71 Å². The number of thioether (sulfide) groups is 2. The molecular formula is C14H19N3O3S3. The van der Waals surface area contributed by atoms with Gasteiger partial charge in [-0.1, -0.05) is 11.8 Å². The number of benzene rings is 1. The third-order valence-electron chi connectivity index (χ3n) is 3.06. The highest BCUT2D eigenvalue weighted by Gasteiger charge is 2.26. The lowest BCUT2D eigenvalue weighted by molar-refractivity contribution is -0.113. The molecule has 0 saturated carbocycles. The van der Waals surface area contributed by atoms with Gasteiger partial charge in [-0.05, 0) is 18.4 Å². The molecule has 1 N–H and O–H groups in total. The Morgan fingerprint density at radius 1 is 1.43 bits per heavy atom. The maximum absolute atomic E-state index is 12.2. The minimum absolute atomic E-state index is 0.0786. The van der Waals surface area contributed by atoms with Crippen molar-refractivity contribution in [2.75, 3.05) is 38.6 Å². The number of carbonyl (C=O) groups is 1. The minimum Gasteiger partial charge on any atom is -0.497 e. The molecule has 1 aromatic rings. The van der Waals surface area contributed by atoms with Crippen LogP contribution in [0.1, 0.15) is 0 Å². The number of amidine groups is 1. The van der Waals surface area contributed by atoms with Gasteiger partial charge in [0.15, 0.2) is 5.17 Å². The Kier molecular flexibility index (Phi) is 6.79. The van der Waals surface area contributed by atoms with Gasteiger partial charge in [0.2, 0.25) is 5.91 Å². The molecule has 9 heteroatoms. The average Bonchev–Trinajstić information content (AvgIpc) is 2.93. The monoisotopic (exact) mass is 373 g/mol. The van der Waals surface area contributed by atoms with Gasteiger partial charge >= 0.3 is 0 Å². The van der Waals surface area contributed by atoms with E-state index in [0.29, 0.717) is 22.9 Å². The molecule has 1 unspecified atom stereocenters. The molecule has 1 aromatic carbocycles. The van der Waals surface area contributed by atoms with Gasteiger partial charge in [-0.2, -0.15) is 4.40 Å². The van der Waals surface area contributed by atoms with Crippen molar-refractivity contribution in [3.05, 3.63) is 18.2 Å². The van der Waals surface area contributed by atoms with Crippen LogP contribution in [0.15, 0.2) is 22.6 Å². The fourth-order valence-corrected chi connectivity index (χ4v) is 4.64. The predicted octanol–water partition coefficient (Wildman–Crippen LogP) is 2.97. The Bertz CT molecular complexity index is 598. The summed E-state index contributed by atoms with van der Waals surface area (Å²) in [6.07, 6.45) is 1.99. The van der Waals surface area contributed by atoms with E-state index in [1.807, 2.05) is 13.3 Å². The van der Waals surface area contributed by atoms with Crippen molar-refractivity contribution >= 4 is 52.2 Å². The van der Waals surface area contributed by atoms with Crippen LogP contribution < -0.4 is 14.8 Å². The molecule has 1 atom stereocenters. The second-order valence-electron chi connectivity index (χ2n) is 4.53. The zero-order valence-electron chi connectivity index (χ0n) is 13.4. The second-order valence-corrected chi connectivity index (χ2v) is 7.51. The standard InChI is InChI=1S/C14H19N3O3S3/c1-17-13(21-4)16-23-14(17)22-8-12(18)15-10-6-5-9(19-2)7-11(10)20-3/h5-7,14H,8H2,1-4H3,(H,15,18). The summed E-state index contributed by atoms with van der Waals surface area (Å²) in [5, 5.41) is 3.84. The van der Waals surface area contributed by atoms with Gasteiger partial charge in [-0.15, -0.1) is 11.8 Å². The quantitative estimate of drug-likeness (QED) is 0.769. The first kappa shape index (κ1) is 18.2. The molecule has 2 rings (SSSR count). The summed E-state index contributed by atoms with van der Waals surface area (Å²) in [7, 11) is 5.13. The van der Waals surface area contributed by atoms with Gasteiger partial charge in [0.1, 0.15) is 16.2 Å². The van der Waals surface area contributed by atoms with Gasteiger partial charge in [-0.3, -0.25) is 4.79 Å². The summed E-state index contributed by atoms with van der Waals surface area (Å²) in [4.78, 5) is 14.2. The van der Waals surface area contributed by atoms with Crippen molar-refractivity contribution in [3.63, 3.8) is 0 Å². The van der Waals surface area contributed by atoms with E-state index in [-0.39, 0.29) is 10.6 Å². The Morgan fingerprint density at radius 2 is 2.22 bits per heavy atom. The molecular weight excluding hydrogens is 354 g/mol. The first-order valence-corrected chi connectivity index (χ1v) is 9.84. The zero-order valence-corrected chi connectivity index (χ0v) is 15.8. The van der Waals surface area contributed by atoms with Crippen molar-refractivity contribution in [3.8, 4) is 11.5 Å². The molecule has 126 valence electrons. The fraction of sp³-hybridized carbons (Fsp3) is 0.429. The number of hydrogen-bond acceptors (Lipinski definition) is 8. The van der Waals surface area contributed by atoms with Crippen LogP contribution in [-0.2, 0) is 4.79 Å². The summed E-state index contributed by atoms with van der Waals surface area (Å²) in [5.74, 6) is 1.52. The number of carbonyl (C=O) groups excluding carboxylic acids is 1. The highest BCUT2D eigenvalue weighted by Crippen LogP contribution is 2.35. The highest BCUT2D eigenvalue weighted by atomic mass is 32.2. The molecule has 1 heterocycles. The molecule has 0 saturated heterocycles. The largest absolute Gasteiger partial charge is 0.497 e. The van der Waals surface area contributed by atoms with Crippen molar-refractivity contribution in [2.24, 2.45) is 4.40 Å². The third kappa shape index (κ3) is 4.65. The number of nitrogens with zero attached hydrogens (tertiary/aromatic N) is 2. The molecule has 0 radical (unpaired) electrons. The highest BCUT2D eigenvalue weighted by molar-refractivity contribution is 8.19. The molecule has 0 fully saturated rings. The van der Waals surface area contributed by atoms with Crippen LogP contribution in [0.4, 0.5) is 5.69 Å². The molecule has 1 aliphatic rings. The minimum atomic E-state index is -0.0786. The lowest BCUT2D eigenvalue weighted by Gasteiger charge is -2.20. The zero-order chi connectivity index (χ0) is 16.8. The molecule has 0 spiro atoms. The maximum atomic E-state index is 12.2. The number of nitrogens with one attached hydrogen (secondary N) is 1. The number of ether oxygens (including phenoxy) is 2. The molecule has 23 heavy (non-hydrogen) atoms. The number of amides is 1. The van der Waals surface area contributed by atoms with Gasteiger partial charge in [-0.25, -0.2) is 0 Å². The first-order chi connectivity index (χ1) is 11.1. The van der Waals surface area contributed by atoms with Crippen LogP contribution in [0.5, 0.6) is 11.5 Å².